The molecule has 1 aliphatic rings. The summed E-state index contributed by atoms with van der Waals surface area (Å²) in [5, 5.41) is 4.20. The van der Waals surface area contributed by atoms with Crippen LogP contribution in [0.15, 0.2) is 18.2 Å². The maximum atomic E-state index is 6.16. The van der Waals surface area contributed by atoms with Gasteiger partial charge in [0.1, 0.15) is 0 Å². The van der Waals surface area contributed by atoms with Gasteiger partial charge in [-0.25, -0.2) is 0 Å². The maximum absolute atomic E-state index is 6.16. The van der Waals surface area contributed by atoms with E-state index in [2.05, 4.69) is 36.3 Å². The number of ether oxygens (including phenoxy) is 1. The lowest BCUT2D eigenvalue weighted by Gasteiger charge is -2.23. The topological polar surface area (TPSA) is 24.5 Å². The number of hydrogen-bond donors (Lipinski definition) is 1. The van der Waals surface area contributed by atoms with E-state index in [1.165, 1.54) is 17.7 Å². The molecule has 2 unspecified atom stereocenters. The SMILES string of the molecule is COCCNCc1ccc(Cl)cc1N(C)CC1CC1C. The Morgan fingerprint density at radius 1 is 1.45 bits per heavy atom. The van der Waals surface area contributed by atoms with Crippen molar-refractivity contribution < 1.29 is 4.74 Å². The Morgan fingerprint density at radius 3 is 2.85 bits per heavy atom. The van der Waals surface area contributed by atoms with Crippen molar-refractivity contribution in [3.63, 3.8) is 0 Å². The van der Waals surface area contributed by atoms with Crippen LogP contribution in [0.25, 0.3) is 0 Å². The van der Waals surface area contributed by atoms with Gasteiger partial charge in [0.2, 0.25) is 0 Å². The predicted octanol–water partition coefficient (Wildman–Crippen LogP) is 3.17. The van der Waals surface area contributed by atoms with Gasteiger partial charge >= 0.3 is 0 Å². The molecule has 2 rings (SSSR count). The number of anilines is 1. The van der Waals surface area contributed by atoms with Gasteiger partial charge in [0.15, 0.2) is 0 Å². The van der Waals surface area contributed by atoms with Crippen LogP contribution in [0.5, 0.6) is 0 Å². The molecule has 0 radical (unpaired) electrons. The van der Waals surface area contributed by atoms with Crippen LogP contribution in [0.3, 0.4) is 0 Å². The van der Waals surface area contributed by atoms with Gasteiger partial charge in [0, 0.05) is 44.5 Å². The first kappa shape index (κ1) is 15.6. The third-order valence-corrected chi connectivity index (χ3v) is 4.28. The molecule has 1 fully saturated rings. The molecule has 1 aromatic rings. The Labute approximate surface area is 127 Å². The second-order valence-electron chi connectivity index (χ2n) is 5.80. The lowest BCUT2D eigenvalue weighted by Crippen LogP contribution is -2.24. The van der Waals surface area contributed by atoms with E-state index in [0.29, 0.717) is 0 Å². The standard InChI is InChI=1S/C16H25ClN2O/c1-12-8-14(12)11-19(2)16-9-15(17)5-4-13(16)10-18-6-7-20-3/h4-5,9,12,14,18H,6-8,10-11H2,1-3H3. The van der Waals surface area contributed by atoms with Gasteiger partial charge in [0.25, 0.3) is 0 Å². The highest BCUT2D eigenvalue weighted by molar-refractivity contribution is 6.30. The Morgan fingerprint density at radius 2 is 2.20 bits per heavy atom. The van der Waals surface area contributed by atoms with Gasteiger partial charge < -0.3 is 15.0 Å². The fraction of sp³-hybridized carbons (Fsp3) is 0.625. The fourth-order valence-electron chi connectivity index (χ4n) is 2.54. The van der Waals surface area contributed by atoms with Crippen LogP contribution in [0, 0.1) is 11.8 Å². The molecule has 0 spiro atoms. The highest BCUT2D eigenvalue weighted by Crippen LogP contribution is 2.39. The minimum Gasteiger partial charge on any atom is -0.383 e. The van der Waals surface area contributed by atoms with E-state index in [1.54, 1.807) is 7.11 Å². The molecule has 20 heavy (non-hydrogen) atoms. The normalized spacial score (nSPS) is 21.0. The lowest BCUT2D eigenvalue weighted by molar-refractivity contribution is 0.199. The molecule has 0 aromatic heterocycles. The second-order valence-corrected chi connectivity index (χ2v) is 6.23. The van der Waals surface area contributed by atoms with Crippen LogP contribution >= 0.6 is 11.6 Å². The monoisotopic (exact) mass is 296 g/mol. The maximum Gasteiger partial charge on any atom is 0.0587 e. The molecular weight excluding hydrogens is 272 g/mol. The van der Waals surface area contributed by atoms with Gasteiger partial charge in [-0.05, 0) is 36.0 Å². The number of hydrogen-bond acceptors (Lipinski definition) is 3. The first-order valence-corrected chi connectivity index (χ1v) is 7.69. The minimum atomic E-state index is 0.734. The number of halogens is 1. The quantitative estimate of drug-likeness (QED) is 0.746. The van der Waals surface area contributed by atoms with Crippen LogP contribution in [0.4, 0.5) is 5.69 Å². The van der Waals surface area contributed by atoms with E-state index in [4.69, 9.17) is 16.3 Å². The average Bonchev–Trinajstić information content (AvgIpc) is 3.11. The zero-order valence-corrected chi connectivity index (χ0v) is 13.4. The minimum absolute atomic E-state index is 0.734. The van der Waals surface area contributed by atoms with Crippen molar-refractivity contribution in [2.45, 2.75) is 19.9 Å². The number of nitrogens with one attached hydrogen (secondary N) is 1. The Balaban J connectivity index is 1.98. The van der Waals surface area contributed by atoms with Crippen molar-refractivity contribution in [1.82, 2.24) is 5.32 Å². The molecular formula is C16H25ClN2O. The van der Waals surface area contributed by atoms with E-state index in [9.17, 15) is 0 Å². The Hall–Kier alpha value is -0.770. The molecule has 0 amide bonds. The number of nitrogens with zero attached hydrogens (tertiary/aromatic N) is 1. The summed E-state index contributed by atoms with van der Waals surface area (Å²) in [5.41, 5.74) is 2.53. The van der Waals surface area contributed by atoms with Crippen molar-refractivity contribution in [1.29, 1.82) is 0 Å². The summed E-state index contributed by atoms with van der Waals surface area (Å²) in [4.78, 5) is 2.34. The third-order valence-electron chi connectivity index (χ3n) is 4.04. The summed E-state index contributed by atoms with van der Waals surface area (Å²) >= 11 is 6.16. The van der Waals surface area contributed by atoms with Crippen LogP contribution in [0.1, 0.15) is 18.9 Å². The summed E-state index contributed by atoms with van der Waals surface area (Å²) in [5.74, 6) is 1.72. The third kappa shape index (κ3) is 4.37. The van der Waals surface area contributed by atoms with Crippen LogP contribution in [0.2, 0.25) is 5.02 Å². The highest BCUT2D eigenvalue weighted by atomic mass is 35.5. The number of rotatable bonds is 8. The Bertz CT molecular complexity index is 438. The molecule has 4 heteroatoms. The van der Waals surface area contributed by atoms with Crippen molar-refractivity contribution >= 4 is 17.3 Å². The Kier molecular flexibility index (Phi) is 5.70. The van der Waals surface area contributed by atoms with Crippen molar-refractivity contribution in [2.75, 3.05) is 38.8 Å². The number of methoxy groups -OCH3 is 1. The molecule has 0 bridgehead atoms. The zero-order valence-electron chi connectivity index (χ0n) is 12.7. The molecule has 1 saturated carbocycles. The van der Waals surface area contributed by atoms with Crippen molar-refractivity contribution in [3.05, 3.63) is 28.8 Å². The van der Waals surface area contributed by atoms with Crippen molar-refractivity contribution in [3.8, 4) is 0 Å². The summed E-state index contributed by atoms with van der Waals surface area (Å²) in [7, 11) is 3.88. The smallest absolute Gasteiger partial charge is 0.0587 e. The molecule has 2 atom stereocenters. The molecule has 1 aliphatic carbocycles. The summed E-state index contributed by atoms with van der Waals surface area (Å²) in [6.45, 7) is 5.89. The van der Waals surface area contributed by atoms with Gasteiger partial charge in [-0.3, -0.25) is 0 Å². The molecule has 112 valence electrons. The van der Waals surface area contributed by atoms with E-state index in [0.717, 1.165) is 43.1 Å². The van der Waals surface area contributed by atoms with Gasteiger partial charge in [-0.15, -0.1) is 0 Å². The molecule has 1 N–H and O–H groups in total. The largest absolute Gasteiger partial charge is 0.383 e. The van der Waals surface area contributed by atoms with Crippen molar-refractivity contribution in [2.24, 2.45) is 11.8 Å². The van der Waals surface area contributed by atoms with Gasteiger partial charge in [0.05, 0.1) is 6.61 Å². The van der Waals surface area contributed by atoms with E-state index in [1.807, 2.05) is 6.07 Å². The second kappa shape index (κ2) is 7.30. The summed E-state index contributed by atoms with van der Waals surface area (Å²) in [6, 6.07) is 6.15. The van der Waals surface area contributed by atoms with E-state index in [-0.39, 0.29) is 0 Å². The first-order valence-electron chi connectivity index (χ1n) is 7.31. The molecule has 0 saturated heterocycles. The molecule has 3 nitrogen and oxygen atoms in total. The molecule has 0 heterocycles. The van der Waals surface area contributed by atoms with E-state index < -0.39 is 0 Å². The van der Waals surface area contributed by atoms with Gasteiger partial charge in [-0.2, -0.15) is 0 Å². The summed E-state index contributed by atoms with van der Waals surface area (Å²) < 4.78 is 5.06. The highest BCUT2D eigenvalue weighted by Gasteiger charge is 2.33. The zero-order chi connectivity index (χ0) is 14.5. The lowest BCUT2D eigenvalue weighted by atomic mass is 10.1. The van der Waals surface area contributed by atoms with Crippen LogP contribution in [-0.4, -0.2) is 33.9 Å². The number of benzene rings is 1. The average molecular weight is 297 g/mol. The van der Waals surface area contributed by atoms with Crippen LogP contribution in [-0.2, 0) is 11.3 Å². The predicted molar refractivity (Wildman–Crippen MR) is 85.6 cm³/mol. The fourth-order valence-corrected chi connectivity index (χ4v) is 2.71. The first-order chi connectivity index (χ1) is 9.61. The van der Waals surface area contributed by atoms with Crippen LogP contribution < -0.4 is 10.2 Å². The molecule has 0 aliphatic heterocycles. The van der Waals surface area contributed by atoms with Gasteiger partial charge in [-0.1, -0.05) is 24.6 Å². The summed E-state index contributed by atoms with van der Waals surface area (Å²) in [6.07, 6.45) is 1.35. The van der Waals surface area contributed by atoms with E-state index >= 15 is 0 Å². The molecule has 1 aromatic carbocycles.